The Balaban J connectivity index is 2.08. The number of carbonyl (C=O) groups excluding carboxylic acids is 1. The van der Waals surface area contributed by atoms with E-state index in [-0.39, 0.29) is 37.1 Å². The number of nitrogens with zero attached hydrogens (tertiary/aromatic N) is 2. The topological polar surface area (TPSA) is 84.2 Å². The number of carbonyl (C=O) groups is 1. The third kappa shape index (κ3) is 3.71. The van der Waals surface area contributed by atoms with Gasteiger partial charge in [-0.25, -0.2) is 4.98 Å². The fraction of sp³-hybridized carbons (Fsp3) is 0.438. The summed E-state index contributed by atoms with van der Waals surface area (Å²) in [4.78, 5) is 28.5. The summed E-state index contributed by atoms with van der Waals surface area (Å²) < 4.78 is 1.46. The maximum absolute atomic E-state index is 12.4. The van der Waals surface area contributed by atoms with Gasteiger partial charge in [0.05, 0.1) is 17.2 Å². The third-order valence-electron chi connectivity index (χ3n) is 3.60. The van der Waals surface area contributed by atoms with Crippen LogP contribution in [0.1, 0.15) is 25.3 Å². The Morgan fingerprint density at radius 3 is 2.95 bits per heavy atom. The number of aromatic nitrogens is 2. The molecule has 0 aliphatic rings. The van der Waals surface area contributed by atoms with Crippen LogP contribution in [0.4, 0.5) is 0 Å². The van der Waals surface area contributed by atoms with Crippen molar-refractivity contribution in [2.75, 3.05) is 6.61 Å². The van der Waals surface area contributed by atoms with E-state index in [2.05, 4.69) is 10.3 Å². The zero-order valence-corrected chi connectivity index (χ0v) is 12.9. The largest absolute Gasteiger partial charge is 0.396 e. The zero-order valence-electron chi connectivity index (χ0n) is 12.9. The summed E-state index contributed by atoms with van der Waals surface area (Å²) in [5.41, 5.74) is 1.52. The Kier molecular flexibility index (Phi) is 5.27. The molecule has 0 aliphatic carbocycles. The molecule has 0 radical (unpaired) electrons. The minimum absolute atomic E-state index is 0.0366. The molecule has 118 valence electrons. The van der Waals surface area contributed by atoms with E-state index in [9.17, 15) is 9.59 Å². The van der Waals surface area contributed by atoms with Gasteiger partial charge in [-0.1, -0.05) is 12.1 Å². The molecule has 0 saturated carbocycles. The second-order valence-electron chi connectivity index (χ2n) is 5.45. The number of aliphatic hydroxyl groups excluding tert-OH is 1. The molecule has 0 aliphatic heterocycles. The highest BCUT2D eigenvalue weighted by molar-refractivity contribution is 5.80. The number of aryl methyl sites for hydroxylation is 2. The van der Waals surface area contributed by atoms with E-state index >= 15 is 0 Å². The molecular weight excluding hydrogens is 282 g/mol. The molecule has 1 heterocycles. The van der Waals surface area contributed by atoms with Crippen LogP contribution in [0.15, 0.2) is 29.3 Å². The molecule has 2 rings (SSSR count). The lowest BCUT2D eigenvalue weighted by Gasteiger charge is -2.13. The molecule has 1 aromatic carbocycles. The Morgan fingerprint density at radius 1 is 1.45 bits per heavy atom. The highest BCUT2D eigenvalue weighted by Gasteiger charge is 2.09. The molecule has 0 fully saturated rings. The van der Waals surface area contributed by atoms with Crippen LogP contribution in [0.5, 0.6) is 0 Å². The van der Waals surface area contributed by atoms with Crippen molar-refractivity contribution in [1.29, 1.82) is 0 Å². The van der Waals surface area contributed by atoms with Crippen molar-refractivity contribution in [3.05, 3.63) is 40.4 Å². The summed E-state index contributed by atoms with van der Waals surface area (Å²) in [6.45, 7) is 4.07. The monoisotopic (exact) mass is 303 g/mol. The van der Waals surface area contributed by atoms with Crippen molar-refractivity contribution in [3.8, 4) is 0 Å². The van der Waals surface area contributed by atoms with E-state index in [4.69, 9.17) is 5.11 Å². The summed E-state index contributed by atoms with van der Waals surface area (Å²) in [5.74, 6) is -0.141. The van der Waals surface area contributed by atoms with Crippen molar-refractivity contribution < 1.29 is 9.90 Å². The minimum atomic E-state index is -0.141. The second kappa shape index (κ2) is 7.17. The van der Waals surface area contributed by atoms with Gasteiger partial charge in [0.15, 0.2) is 0 Å². The molecule has 2 aromatic rings. The van der Waals surface area contributed by atoms with Gasteiger partial charge in [0.25, 0.3) is 5.56 Å². The summed E-state index contributed by atoms with van der Waals surface area (Å²) in [6, 6.07) is 5.41. The molecule has 1 unspecified atom stereocenters. The van der Waals surface area contributed by atoms with Gasteiger partial charge >= 0.3 is 0 Å². The molecule has 1 amide bonds. The number of hydrogen-bond donors (Lipinski definition) is 2. The van der Waals surface area contributed by atoms with Gasteiger partial charge in [0, 0.05) is 25.6 Å². The van der Waals surface area contributed by atoms with Gasteiger partial charge in [-0.3, -0.25) is 14.2 Å². The highest BCUT2D eigenvalue weighted by atomic mass is 16.3. The fourth-order valence-electron chi connectivity index (χ4n) is 2.33. The normalized spacial score (nSPS) is 12.3. The van der Waals surface area contributed by atoms with Gasteiger partial charge in [-0.05, 0) is 31.9 Å². The SMILES string of the molecule is Cc1cccc2c(=O)n(CCC(=O)NC(C)CCO)cnc12. The summed E-state index contributed by atoms with van der Waals surface area (Å²) >= 11 is 0. The number of para-hydroxylation sites is 1. The summed E-state index contributed by atoms with van der Waals surface area (Å²) in [5, 5.41) is 12.2. The summed E-state index contributed by atoms with van der Waals surface area (Å²) in [7, 11) is 0. The molecule has 22 heavy (non-hydrogen) atoms. The zero-order chi connectivity index (χ0) is 16.1. The van der Waals surface area contributed by atoms with Gasteiger partial charge in [-0.15, -0.1) is 0 Å². The van der Waals surface area contributed by atoms with Crippen molar-refractivity contribution in [2.24, 2.45) is 0 Å². The van der Waals surface area contributed by atoms with Crippen LogP contribution < -0.4 is 10.9 Å². The van der Waals surface area contributed by atoms with Crippen LogP contribution in [0, 0.1) is 6.92 Å². The van der Waals surface area contributed by atoms with Gasteiger partial charge in [0.2, 0.25) is 5.91 Å². The standard InChI is InChI=1S/C16H21N3O3/c1-11-4-3-5-13-15(11)17-10-19(16(13)22)8-6-14(21)18-12(2)7-9-20/h3-5,10,12,20H,6-9H2,1-2H3,(H,18,21). The number of benzene rings is 1. The van der Waals surface area contributed by atoms with E-state index in [0.29, 0.717) is 17.3 Å². The Bertz CT molecular complexity index is 724. The Morgan fingerprint density at radius 2 is 2.23 bits per heavy atom. The maximum Gasteiger partial charge on any atom is 0.261 e. The predicted molar refractivity (Wildman–Crippen MR) is 84.7 cm³/mol. The molecule has 6 nitrogen and oxygen atoms in total. The smallest absolute Gasteiger partial charge is 0.261 e. The average Bonchev–Trinajstić information content (AvgIpc) is 2.47. The van der Waals surface area contributed by atoms with Crippen LogP contribution in [0.25, 0.3) is 10.9 Å². The number of rotatable bonds is 6. The predicted octanol–water partition coefficient (Wildman–Crippen LogP) is 0.982. The molecule has 6 heteroatoms. The quantitative estimate of drug-likeness (QED) is 0.833. The number of aliphatic hydroxyl groups is 1. The molecule has 0 bridgehead atoms. The second-order valence-corrected chi connectivity index (χ2v) is 5.45. The molecular formula is C16H21N3O3. The number of hydrogen-bond acceptors (Lipinski definition) is 4. The lowest BCUT2D eigenvalue weighted by atomic mass is 10.1. The average molecular weight is 303 g/mol. The number of amides is 1. The highest BCUT2D eigenvalue weighted by Crippen LogP contribution is 2.11. The van der Waals surface area contributed by atoms with E-state index in [1.165, 1.54) is 10.9 Å². The van der Waals surface area contributed by atoms with E-state index in [0.717, 1.165) is 5.56 Å². The van der Waals surface area contributed by atoms with Crippen LogP contribution >= 0.6 is 0 Å². The van der Waals surface area contributed by atoms with Crippen LogP contribution in [-0.4, -0.2) is 33.2 Å². The van der Waals surface area contributed by atoms with Crippen LogP contribution in [-0.2, 0) is 11.3 Å². The molecule has 0 saturated heterocycles. The third-order valence-corrected chi connectivity index (χ3v) is 3.60. The molecule has 1 aromatic heterocycles. The van der Waals surface area contributed by atoms with Crippen molar-refractivity contribution >= 4 is 16.8 Å². The molecule has 2 N–H and O–H groups in total. The van der Waals surface area contributed by atoms with Crippen LogP contribution in [0.3, 0.4) is 0 Å². The van der Waals surface area contributed by atoms with Crippen molar-refractivity contribution in [3.63, 3.8) is 0 Å². The maximum atomic E-state index is 12.4. The van der Waals surface area contributed by atoms with Crippen molar-refractivity contribution in [1.82, 2.24) is 14.9 Å². The summed E-state index contributed by atoms with van der Waals surface area (Å²) in [6.07, 6.45) is 2.21. The van der Waals surface area contributed by atoms with Crippen LogP contribution in [0.2, 0.25) is 0 Å². The Labute approximate surface area is 128 Å². The number of fused-ring (bicyclic) bond motifs is 1. The first-order valence-corrected chi connectivity index (χ1v) is 7.38. The minimum Gasteiger partial charge on any atom is -0.396 e. The first-order valence-electron chi connectivity index (χ1n) is 7.38. The molecule has 0 spiro atoms. The Hall–Kier alpha value is -2.21. The molecule has 1 atom stereocenters. The first-order chi connectivity index (χ1) is 10.5. The van der Waals surface area contributed by atoms with E-state index in [1.54, 1.807) is 6.07 Å². The lowest BCUT2D eigenvalue weighted by Crippen LogP contribution is -2.34. The number of nitrogens with one attached hydrogen (secondary N) is 1. The fourth-order valence-corrected chi connectivity index (χ4v) is 2.33. The van der Waals surface area contributed by atoms with Gasteiger partial charge in [0.1, 0.15) is 0 Å². The van der Waals surface area contributed by atoms with E-state index < -0.39 is 0 Å². The first kappa shape index (κ1) is 16.2. The van der Waals surface area contributed by atoms with Gasteiger partial charge < -0.3 is 10.4 Å². The van der Waals surface area contributed by atoms with Gasteiger partial charge in [-0.2, -0.15) is 0 Å². The van der Waals surface area contributed by atoms with Crippen molar-refractivity contribution in [2.45, 2.75) is 39.3 Å². The lowest BCUT2D eigenvalue weighted by molar-refractivity contribution is -0.122. The van der Waals surface area contributed by atoms with E-state index in [1.807, 2.05) is 26.0 Å².